The normalized spacial score (nSPS) is 16.8. The number of amides is 1. The average molecular weight is 465 g/mol. The smallest absolute Gasteiger partial charge is 0.313 e. The molecule has 8 heteroatoms. The van der Waals surface area contributed by atoms with Gasteiger partial charge >= 0.3 is 5.97 Å². The lowest BCUT2D eigenvalue weighted by molar-refractivity contribution is -0.133. The maximum Gasteiger partial charge on any atom is 0.313 e. The molecule has 1 aromatic heterocycles. The van der Waals surface area contributed by atoms with Crippen molar-refractivity contribution in [2.75, 3.05) is 18.9 Å². The fourth-order valence-corrected chi connectivity index (χ4v) is 5.28. The maximum absolute atomic E-state index is 12.8. The third-order valence-corrected chi connectivity index (χ3v) is 7.02. The molecule has 0 radical (unpaired) electrons. The van der Waals surface area contributed by atoms with Crippen LogP contribution in [0.1, 0.15) is 34.5 Å². The third kappa shape index (κ3) is 4.61. The molecule has 33 heavy (non-hydrogen) atoms. The van der Waals surface area contributed by atoms with Gasteiger partial charge < -0.3 is 19.9 Å². The fourth-order valence-electron chi connectivity index (χ4n) is 4.29. The van der Waals surface area contributed by atoms with Gasteiger partial charge in [-0.3, -0.25) is 14.6 Å². The van der Waals surface area contributed by atoms with Crippen LogP contribution in [0.5, 0.6) is 11.5 Å². The van der Waals surface area contributed by atoms with E-state index in [4.69, 9.17) is 14.5 Å². The number of nitrogens with zero attached hydrogens (tertiary/aromatic N) is 1. The Kier molecular flexibility index (Phi) is 6.09. The Morgan fingerprint density at radius 3 is 2.79 bits per heavy atom. The lowest BCUT2D eigenvalue weighted by Crippen LogP contribution is -2.40. The summed E-state index contributed by atoms with van der Waals surface area (Å²) in [5, 5.41) is 13.0. The number of para-hydroxylation sites is 2. The summed E-state index contributed by atoms with van der Waals surface area (Å²) in [7, 11) is 0. The van der Waals surface area contributed by atoms with Crippen LogP contribution < -0.4 is 14.8 Å². The molecule has 1 amide bonds. The van der Waals surface area contributed by atoms with Crippen LogP contribution in [0.4, 0.5) is 0 Å². The van der Waals surface area contributed by atoms with Crippen molar-refractivity contribution in [3.05, 3.63) is 59.3 Å². The Labute approximate surface area is 195 Å². The highest BCUT2D eigenvalue weighted by Crippen LogP contribution is 2.36. The van der Waals surface area contributed by atoms with Crippen molar-refractivity contribution in [2.24, 2.45) is 0 Å². The summed E-state index contributed by atoms with van der Waals surface area (Å²) >= 11 is 1.34. The molecule has 0 fully saturated rings. The predicted octanol–water partition coefficient (Wildman–Crippen LogP) is 3.86. The first-order valence-electron chi connectivity index (χ1n) is 11.1. The molecule has 2 heterocycles. The number of rotatable bonds is 6. The van der Waals surface area contributed by atoms with Crippen molar-refractivity contribution >= 4 is 34.5 Å². The van der Waals surface area contributed by atoms with E-state index in [9.17, 15) is 14.7 Å². The molecule has 0 saturated heterocycles. The van der Waals surface area contributed by atoms with Crippen molar-refractivity contribution in [2.45, 2.75) is 36.7 Å². The van der Waals surface area contributed by atoms with Gasteiger partial charge in [0.15, 0.2) is 11.5 Å². The van der Waals surface area contributed by atoms with Gasteiger partial charge in [-0.15, -0.1) is 11.8 Å². The molecule has 1 atom stereocenters. The average Bonchev–Trinajstić information content (AvgIpc) is 2.84. The number of nitrogens with one attached hydrogen (secondary N) is 1. The Balaban J connectivity index is 1.34. The van der Waals surface area contributed by atoms with Crippen molar-refractivity contribution < 1.29 is 24.2 Å². The molecule has 5 rings (SSSR count). The minimum Gasteiger partial charge on any atom is -0.486 e. The van der Waals surface area contributed by atoms with Crippen molar-refractivity contribution in [1.29, 1.82) is 0 Å². The van der Waals surface area contributed by atoms with Gasteiger partial charge in [-0.25, -0.2) is 0 Å². The quantitative estimate of drug-likeness (QED) is 0.535. The zero-order valence-electron chi connectivity index (χ0n) is 18.0. The second-order valence-corrected chi connectivity index (χ2v) is 9.18. The molecule has 0 spiro atoms. The number of carboxylic acids is 1. The van der Waals surface area contributed by atoms with Gasteiger partial charge in [-0.1, -0.05) is 18.2 Å². The van der Waals surface area contributed by atoms with E-state index < -0.39 is 5.97 Å². The monoisotopic (exact) mass is 464 g/mol. The molecule has 2 aliphatic rings. The summed E-state index contributed by atoms with van der Waals surface area (Å²) in [6.45, 7) is 0.690. The minimum atomic E-state index is -0.845. The SMILES string of the molecule is O=C(O)CSc1c2c(nc3cc(C(=O)NC[C@@H]4COc5ccccc5O4)ccc13)CCCC2. The summed E-state index contributed by atoms with van der Waals surface area (Å²) in [5.74, 6) is 0.329. The summed E-state index contributed by atoms with van der Waals surface area (Å²) in [5.41, 5.74) is 3.41. The van der Waals surface area contributed by atoms with E-state index in [-0.39, 0.29) is 17.8 Å². The number of carboxylic acid groups (broad SMARTS) is 1. The summed E-state index contributed by atoms with van der Waals surface area (Å²) < 4.78 is 11.6. The summed E-state index contributed by atoms with van der Waals surface area (Å²) in [6, 6.07) is 12.9. The van der Waals surface area contributed by atoms with Gasteiger partial charge in [0.1, 0.15) is 12.7 Å². The first-order chi connectivity index (χ1) is 16.1. The van der Waals surface area contributed by atoms with E-state index in [2.05, 4.69) is 5.32 Å². The molecule has 170 valence electrons. The molecular weight excluding hydrogens is 440 g/mol. The van der Waals surface area contributed by atoms with E-state index in [0.29, 0.717) is 30.2 Å². The van der Waals surface area contributed by atoms with Crippen LogP contribution >= 0.6 is 11.8 Å². The molecule has 0 saturated carbocycles. The summed E-state index contributed by atoms with van der Waals surface area (Å²) in [4.78, 5) is 29.8. The van der Waals surface area contributed by atoms with E-state index in [1.165, 1.54) is 11.8 Å². The highest BCUT2D eigenvalue weighted by atomic mass is 32.2. The Hall–Kier alpha value is -3.26. The number of aliphatic carboxylic acids is 1. The van der Waals surface area contributed by atoms with Gasteiger partial charge in [-0.05, 0) is 55.5 Å². The zero-order chi connectivity index (χ0) is 22.8. The molecule has 0 unspecified atom stereocenters. The van der Waals surface area contributed by atoms with Gasteiger partial charge in [0.25, 0.3) is 5.91 Å². The fraction of sp³-hybridized carbons (Fsp3) is 0.320. The molecule has 2 N–H and O–H groups in total. The van der Waals surface area contributed by atoms with Crippen LogP contribution in [0.3, 0.4) is 0 Å². The van der Waals surface area contributed by atoms with E-state index >= 15 is 0 Å². The third-order valence-electron chi connectivity index (χ3n) is 5.87. The first kappa shape index (κ1) is 21.6. The van der Waals surface area contributed by atoms with E-state index in [0.717, 1.165) is 52.7 Å². The molecular formula is C25H24N2O5S. The number of carbonyl (C=O) groups excluding carboxylic acids is 1. The van der Waals surface area contributed by atoms with Crippen LogP contribution in [-0.4, -0.2) is 47.0 Å². The topological polar surface area (TPSA) is 97.8 Å². The zero-order valence-corrected chi connectivity index (χ0v) is 18.8. The van der Waals surface area contributed by atoms with Crippen LogP contribution in [-0.2, 0) is 17.6 Å². The molecule has 0 bridgehead atoms. The molecule has 3 aromatic rings. The van der Waals surface area contributed by atoms with Crippen molar-refractivity contribution in [3.63, 3.8) is 0 Å². The number of ether oxygens (including phenoxy) is 2. The highest BCUT2D eigenvalue weighted by Gasteiger charge is 2.23. The second kappa shape index (κ2) is 9.31. The Bertz CT molecular complexity index is 1230. The van der Waals surface area contributed by atoms with Crippen LogP contribution in [0.25, 0.3) is 10.9 Å². The number of pyridine rings is 1. The van der Waals surface area contributed by atoms with Crippen LogP contribution in [0.2, 0.25) is 0 Å². The largest absolute Gasteiger partial charge is 0.486 e. The second-order valence-electron chi connectivity index (χ2n) is 8.20. The Morgan fingerprint density at radius 1 is 1.12 bits per heavy atom. The van der Waals surface area contributed by atoms with E-state index in [1.54, 1.807) is 12.1 Å². The first-order valence-corrected chi connectivity index (χ1v) is 12.0. The van der Waals surface area contributed by atoms with Gasteiger partial charge in [0.05, 0.1) is 17.8 Å². The standard InChI is InChI=1S/C25H24N2O5S/c28-23(29)14-33-24-17-5-1-2-6-19(17)27-20-11-15(9-10-18(20)24)25(30)26-12-16-13-31-21-7-3-4-8-22(21)32-16/h3-4,7-11,16H,1-2,5-6,12-14H2,(H,26,30)(H,28,29)/t16-/m1/s1. The van der Waals surface area contributed by atoms with Crippen molar-refractivity contribution in [1.82, 2.24) is 10.3 Å². The number of fused-ring (bicyclic) bond motifs is 3. The minimum absolute atomic E-state index is 0.000376. The molecule has 1 aliphatic carbocycles. The van der Waals surface area contributed by atoms with Crippen molar-refractivity contribution in [3.8, 4) is 11.5 Å². The molecule has 7 nitrogen and oxygen atoms in total. The molecule has 1 aliphatic heterocycles. The lowest BCUT2D eigenvalue weighted by Gasteiger charge is -2.26. The number of aromatic nitrogens is 1. The van der Waals surface area contributed by atoms with Gasteiger partial charge in [0.2, 0.25) is 0 Å². The van der Waals surface area contributed by atoms with Crippen LogP contribution in [0.15, 0.2) is 47.4 Å². The number of hydrogen-bond acceptors (Lipinski definition) is 6. The predicted molar refractivity (Wildman–Crippen MR) is 125 cm³/mol. The van der Waals surface area contributed by atoms with Crippen LogP contribution in [0, 0.1) is 0 Å². The number of benzene rings is 2. The number of thioether (sulfide) groups is 1. The van der Waals surface area contributed by atoms with Gasteiger partial charge in [-0.2, -0.15) is 0 Å². The maximum atomic E-state index is 12.8. The summed E-state index contributed by atoms with van der Waals surface area (Å²) in [6.07, 6.45) is 3.67. The van der Waals surface area contributed by atoms with E-state index in [1.807, 2.05) is 30.3 Å². The highest BCUT2D eigenvalue weighted by molar-refractivity contribution is 8.00. The lowest BCUT2D eigenvalue weighted by atomic mass is 9.94. The Morgan fingerprint density at radius 2 is 1.94 bits per heavy atom. The number of aryl methyl sites for hydroxylation is 1. The number of carbonyl (C=O) groups is 2. The molecule has 2 aromatic carbocycles. The number of hydrogen-bond donors (Lipinski definition) is 2. The van der Waals surface area contributed by atoms with Gasteiger partial charge in [0, 0.05) is 21.5 Å².